The minimum atomic E-state index is -0.336. The molecule has 0 saturated carbocycles. The van der Waals surface area contributed by atoms with Gasteiger partial charge in [0.2, 0.25) is 5.91 Å². The van der Waals surface area contributed by atoms with Gasteiger partial charge in [-0.05, 0) is 35.9 Å². The van der Waals surface area contributed by atoms with Crippen LogP contribution in [0.3, 0.4) is 0 Å². The third-order valence-electron chi connectivity index (χ3n) is 4.58. The Bertz CT molecular complexity index is 1340. The Morgan fingerprint density at radius 2 is 2.06 bits per heavy atom. The van der Waals surface area contributed by atoms with Crippen LogP contribution in [-0.4, -0.2) is 28.7 Å². The molecule has 0 spiro atoms. The number of hydrogen-bond donors (Lipinski definition) is 2. The maximum absolute atomic E-state index is 13.2. The second kappa shape index (κ2) is 9.72. The topological polar surface area (TPSA) is 84.1 Å². The summed E-state index contributed by atoms with van der Waals surface area (Å²) in [6.45, 7) is 0. The molecule has 2 N–H and O–H groups in total. The van der Waals surface area contributed by atoms with Crippen LogP contribution in [-0.2, 0) is 4.79 Å². The zero-order valence-electron chi connectivity index (χ0n) is 16.8. The Kier molecular flexibility index (Phi) is 6.78. The number of rotatable bonds is 7. The van der Waals surface area contributed by atoms with Gasteiger partial charge in [-0.3, -0.25) is 9.59 Å². The van der Waals surface area contributed by atoms with Crippen LogP contribution in [0.2, 0.25) is 5.02 Å². The molecule has 0 saturated heterocycles. The molecule has 0 aliphatic rings. The number of benzene rings is 2. The molecule has 0 radical (unpaired) electrons. The first kappa shape index (κ1) is 22.3. The summed E-state index contributed by atoms with van der Waals surface area (Å²) in [5.74, 6) is 0.383. The Morgan fingerprint density at radius 1 is 1.28 bits per heavy atom. The Morgan fingerprint density at radius 3 is 2.81 bits per heavy atom. The lowest BCUT2D eigenvalue weighted by Crippen LogP contribution is -2.13. The van der Waals surface area contributed by atoms with Crippen molar-refractivity contribution in [2.75, 3.05) is 18.2 Å². The lowest BCUT2D eigenvalue weighted by Gasteiger charge is -2.10. The normalized spacial score (nSPS) is 11.0. The zero-order chi connectivity index (χ0) is 22.7. The molecule has 0 bridgehead atoms. The molecule has 4 rings (SSSR count). The maximum atomic E-state index is 13.2. The van der Waals surface area contributed by atoms with Crippen molar-refractivity contribution in [3.63, 3.8) is 0 Å². The fraction of sp³-hybridized carbons (Fsp3) is 0.136. The summed E-state index contributed by atoms with van der Waals surface area (Å²) in [6, 6.07) is 10.9. The summed E-state index contributed by atoms with van der Waals surface area (Å²) in [7, 11) is 1.51. The van der Waals surface area contributed by atoms with Gasteiger partial charge in [0.15, 0.2) is 5.16 Å². The average molecular weight is 490 g/mol. The molecule has 32 heavy (non-hydrogen) atoms. The number of ether oxygens (including phenoxy) is 1. The highest BCUT2D eigenvalue weighted by Crippen LogP contribution is 2.32. The standard InChI is InChI=1S/C22H17ClFN3O3S2/c1-30-17-7-4-13(23)10-16(17)25-18(28)8-9-31-22-26-20(29)19-15(11-32-21(19)27-22)12-2-5-14(24)6-3-12/h2-7,10-11H,8-9H2,1H3,(H,25,28)(H,26,27,29). The van der Waals surface area contributed by atoms with Crippen LogP contribution in [0.5, 0.6) is 5.75 Å². The molecule has 0 aliphatic heterocycles. The third-order valence-corrected chi connectivity index (χ3v) is 6.56. The Balaban J connectivity index is 1.43. The van der Waals surface area contributed by atoms with Crippen molar-refractivity contribution in [2.45, 2.75) is 11.6 Å². The van der Waals surface area contributed by atoms with Gasteiger partial charge in [-0.2, -0.15) is 0 Å². The lowest BCUT2D eigenvalue weighted by molar-refractivity contribution is -0.115. The molecule has 4 aromatic rings. The van der Waals surface area contributed by atoms with E-state index in [9.17, 15) is 14.0 Å². The highest BCUT2D eigenvalue weighted by molar-refractivity contribution is 7.99. The van der Waals surface area contributed by atoms with Crippen LogP contribution in [0, 0.1) is 5.82 Å². The molecule has 2 aromatic heterocycles. The predicted octanol–water partition coefficient (Wildman–Crippen LogP) is 5.57. The molecule has 0 aliphatic carbocycles. The number of amides is 1. The first-order valence-electron chi connectivity index (χ1n) is 9.48. The molecule has 6 nitrogen and oxygen atoms in total. The molecule has 1 amide bonds. The van der Waals surface area contributed by atoms with Crippen molar-refractivity contribution in [1.29, 1.82) is 0 Å². The van der Waals surface area contributed by atoms with Gasteiger partial charge in [-0.25, -0.2) is 9.37 Å². The van der Waals surface area contributed by atoms with Gasteiger partial charge >= 0.3 is 0 Å². The number of methoxy groups -OCH3 is 1. The van der Waals surface area contributed by atoms with Crippen LogP contribution in [0.1, 0.15) is 6.42 Å². The number of nitrogens with one attached hydrogen (secondary N) is 2. The van der Waals surface area contributed by atoms with Crippen molar-refractivity contribution in [2.24, 2.45) is 0 Å². The van der Waals surface area contributed by atoms with Crippen LogP contribution >= 0.6 is 34.7 Å². The summed E-state index contributed by atoms with van der Waals surface area (Å²) >= 11 is 8.61. The number of thioether (sulfide) groups is 1. The number of carbonyl (C=O) groups excluding carboxylic acids is 1. The predicted molar refractivity (Wildman–Crippen MR) is 128 cm³/mol. The van der Waals surface area contributed by atoms with Crippen LogP contribution in [0.15, 0.2) is 57.8 Å². The first-order chi connectivity index (χ1) is 15.4. The Hall–Kier alpha value is -2.88. The third kappa shape index (κ3) is 4.95. The number of H-pyrrole nitrogens is 1. The number of hydrogen-bond acceptors (Lipinski definition) is 6. The summed E-state index contributed by atoms with van der Waals surface area (Å²) in [5.41, 5.74) is 1.68. The van der Waals surface area contributed by atoms with E-state index in [1.165, 1.54) is 42.3 Å². The van der Waals surface area contributed by atoms with Gasteiger partial charge < -0.3 is 15.0 Å². The van der Waals surface area contributed by atoms with E-state index in [4.69, 9.17) is 16.3 Å². The summed E-state index contributed by atoms with van der Waals surface area (Å²) < 4.78 is 18.4. The fourth-order valence-corrected chi connectivity index (χ4v) is 5.05. The van der Waals surface area contributed by atoms with Crippen molar-refractivity contribution in [3.8, 4) is 16.9 Å². The van der Waals surface area contributed by atoms with E-state index in [0.29, 0.717) is 43.1 Å². The molecule has 0 atom stereocenters. The largest absolute Gasteiger partial charge is 0.495 e. The number of aromatic nitrogens is 2. The van der Waals surface area contributed by atoms with E-state index < -0.39 is 0 Å². The highest BCUT2D eigenvalue weighted by Gasteiger charge is 2.14. The SMILES string of the molecule is COc1ccc(Cl)cc1NC(=O)CCSc1nc2scc(-c3ccc(F)cc3)c2c(=O)[nH]1. The van der Waals surface area contributed by atoms with Gasteiger partial charge in [0.25, 0.3) is 5.56 Å². The van der Waals surface area contributed by atoms with Gasteiger partial charge in [0.1, 0.15) is 16.4 Å². The van der Waals surface area contributed by atoms with E-state index in [0.717, 1.165) is 5.56 Å². The lowest BCUT2D eigenvalue weighted by atomic mass is 10.1. The molecular formula is C22H17ClFN3O3S2. The smallest absolute Gasteiger partial charge is 0.260 e. The van der Waals surface area contributed by atoms with E-state index in [-0.39, 0.29) is 23.7 Å². The van der Waals surface area contributed by atoms with E-state index in [2.05, 4.69) is 15.3 Å². The van der Waals surface area contributed by atoms with E-state index in [1.54, 1.807) is 30.3 Å². The number of nitrogens with zero attached hydrogens (tertiary/aromatic N) is 1. The highest BCUT2D eigenvalue weighted by atomic mass is 35.5. The van der Waals surface area contributed by atoms with Gasteiger partial charge in [0.05, 0.1) is 18.2 Å². The monoisotopic (exact) mass is 489 g/mol. The number of halogens is 2. The summed E-state index contributed by atoms with van der Waals surface area (Å²) in [5, 5.41) is 6.00. The van der Waals surface area contributed by atoms with E-state index >= 15 is 0 Å². The Labute approximate surface area is 195 Å². The minimum Gasteiger partial charge on any atom is -0.495 e. The molecule has 0 unspecified atom stereocenters. The maximum Gasteiger partial charge on any atom is 0.260 e. The number of aromatic amines is 1. The summed E-state index contributed by atoms with van der Waals surface area (Å²) in [6.07, 6.45) is 0.202. The van der Waals surface area contributed by atoms with Gasteiger partial charge in [0, 0.05) is 28.1 Å². The van der Waals surface area contributed by atoms with E-state index in [1.807, 2.05) is 5.38 Å². The van der Waals surface area contributed by atoms with Gasteiger partial charge in [-0.1, -0.05) is 35.5 Å². The molecule has 164 valence electrons. The van der Waals surface area contributed by atoms with Crippen molar-refractivity contribution >= 4 is 56.5 Å². The quantitative estimate of drug-likeness (QED) is 0.262. The van der Waals surface area contributed by atoms with Crippen LogP contribution in [0.25, 0.3) is 21.3 Å². The number of anilines is 1. The number of thiophene rings is 1. The van der Waals surface area contributed by atoms with Crippen LogP contribution in [0.4, 0.5) is 10.1 Å². The molecule has 2 heterocycles. The second-order valence-corrected chi connectivity index (χ2v) is 9.08. The van der Waals surface area contributed by atoms with Crippen molar-refractivity contribution in [3.05, 3.63) is 69.0 Å². The molecular weight excluding hydrogens is 473 g/mol. The zero-order valence-corrected chi connectivity index (χ0v) is 19.2. The number of fused-ring (bicyclic) bond motifs is 1. The van der Waals surface area contributed by atoms with Crippen molar-refractivity contribution < 1.29 is 13.9 Å². The van der Waals surface area contributed by atoms with Gasteiger partial charge in [-0.15, -0.1) is 11.3 Å². The van der Waals surface area contributed by atoms with Crippen molar-refractivity contribution in [1.82, 2.24) is 9.97 Å². The number of carbonyl (C=O) groups is 1. The first-order valence-corrected chi connectivity index (χ1v) is 11.7. The molecule has 10 heteroatoms. The minimum absolute atomic E-state index is 0.202. The fourth-order valence-electron chi connectivity index (χ4n) is 3.07. The molecule has 2 aromatic carbocycles. The average Bonchev–Trinajstić information content (AvgIpc) is 3.19. The summed E-state index contributed by atoms with van der Waals surface area (Å²) in [4.78, 5) is 32.8. The second-order valence-electron chi connectivity index (χ2n) is 6.70. The molecule has 0 fully saturated rings. The van der Waals surface area contributed by atoms with Crippen LogP contribution < -0.4 is 15.6 Å².